The summed E-state index contributed by atoms with van der Waals surface area (Å²) in [4.78, 5) is 26.4. The van der Waals surface area contributed by atoms with Crippen LogP contribution in [0.4, 0.5) is 5.69 Å². The van der Waals surface area contributed by atoms with Gasteiger partial charge in [-0.05, 0) is 68.8 Å². The van der Waals surface area contributed by atoms with Gasteiger partial charge in [0.1, 0.15) is 5.56 Å². The van der Waals surface area contributed by atoms with Crippen LogP contribution in [0.2, 0.25) is 0 Å². The summed E-state index contributed by atoms with van der Waals surface area (Å²) < 4.78 is 13.1. The highest BCUT2D eigenvalue weighted by Crippen LogP contribution is 2.35. The number of methoxy groups -OCH3 is 1. The fourth-order valence-corrected chi connectivity index (χ4v) is 3.95. The van der Waals surface area contributed by atoms with Crippen LogP contribution in [0.5, 0.6) is 17.2 Å². The molecule has 8 heteroatoms. The summed E-state index contributed by atoms with van der Waals surface area (Å²) in [6.45, 7) is 3.50. The lowest BCUT2D eigenvalue weighted by atomic mass is 10.0. The molecule has 1 fully saturated rings. The van der Waals surface area contributed by atoms with E-state index < -0.39 is 5.91 Å². The Morgan fingerprint density at radius 3 is 2.33 bits per heavy atom. The summed E-state index contributed by atoms with van der Waals surface area (Å²) in [5.74, 6) is 1.11. The maximum absolute atomic E-state index is 13.2. The van der Waals surface area contributed by atoms with Crippen LogP contribution in [-0.4, -0.2) is 30.7 Å². The molecule has 2 heterocycles. The molecule has 0 radical (unpaired) electrons. The highest BCUT2D eigenvalue weighted by molar-refractivity contribution is 6.05. The Labute approximate surface area is 199 Å². The number of rotatable bonds is 6. The Balaban J connectivity index is 0.00000306. The van der Waals surface area contributed by atoms with Crippen molar-refractivity contribution in [2.24, 2.45) is 0 Å². The summed E-state index contributed by atoms with van der Waals surface area (Å²) in [6.07, 6.45) is 3.52. The highest BCUT2D eigenvalue weighted by atomic mass is 35.5. The normalized spacial score (nSPS) is 13.6. The van der Waals surface area contributed by atoms with Gasteiger partial charge < -0.3 is 24.7 Å². The number of pyridine rings is 1. The minimum atomic E-state index is -0.452. The molecule has 7 nitrogen and oxygen atoms in total. The molecule has 1 saturated heterocycles. The van der Waals surface area contributed by atoms with Crippen molar-refractivity contribution in [1.82, 2.24) is 9.88 Å². The topological polar surface area (TPSA) is 81.6 Å². The van der Waals surface area contributed by atoms with Gasteiger partial charge in [-0.25, -0.2) is 0 Å². The predicted molar refractivity (Wildman–Crippen MR) is 131 cm³/mol. The lowest BCUT2D eigenvalue weighted by Gasteiger charge is -2.25. The number of anilines is 1. The van der Waals surface area contributed by atoms with E-state index in [0.29, 0.717) is 28.5 Å². The van der Waals surface area contributed by atoms with E-state index in [1.165, 1.54) is 0 Å². The number of nitrogens with zero attached hydrogens (tertiary/aromatic N) is 1. The lowest BCUT2D eigenvalue weighted by Crippen LogP contribution is -2.37. The standard InChI is InChI=1S/C25H27N3O4.ClH/c1-17-13-16-28(18-11-14-26-15-12-18)25(30)23(17)24(29)27-19-7-3-4-8-20(19)32-22-10-6-5-9-21(22)31-2;/h3-10,13,16,18,26H,11-12,14-15H2,1-2H3,(H,27,29);1H. The van der Waals surface area contributed by atoms with Crippen LogP contribution in [0.1, 0.15) is 34.8 Å². The zero-order valence-corrected chi connectivity index (χ0v) is 19.5. The van der Waals surface area contributed by atoms with E-state index in [4.69, 9.17) is 9.47 Å². The highest BCUT2D eigenvalue weighted by Gasteiger charge is 2.22. The van der Waals surface area contributed by atoms with Crippen molar-refractivity contribution >= 4 is 24.0 Å². The molecule has 0 aliphatic carbocycles. The first-order valence-electron chi connectivity index (χ1n) is 10.7. The molecule has 3 aromatic rings. The van der Waals surface area contributed by atoms with Crippen LogP contribution < -0.4 is 25.7 Å². The number of ether oxygens (including phenoxy) is 2. The number of benzene rings is 2. The number of para-hydroxylation sites is 4. The zero-order valence-electron chi connectivity index (χ0n) is 18.7. The van der Waals surface area contributed by atoms with Crippen LogP contribution >= 0.6 is 12.4 Å². The summed E-state index contributed by atoms with van der Waals surface area (Å²) in [6, 6.07) is 16.3. The van der Waals surface area contributed by atoms with Crippen molar-refractivity contribution in [3.8, 4) is 17.2 Å². The van der Waals surface area contributed by atoms with E-state index in [2.05, 4.69) is 10.6 Å². The molecule has 0 saturated carbocycles. The molecular weight excluding hydrogens is 442 g/mol. The van der Waals surface area contributed by atoms with Crippen molar-refractivity contribution < 1.29 is 14.3 Å². The molecule has 0 unspecified atom stereocenters. The monoisotopic (exact) mass is 469 g/mol. The van der Waals surface area contributed by atoms with E-state index in [-0.39, 0.29) is 29.6 Å². The Morgan fingerprint density at radius 1 is 1.00 bits per heavy atom. The van der Waals surface area contributed by atoms with Gasteiger partial charge in [0.2, 0.25) is 0 Å². The maximum atomic E-state index is 13.2. The number of piperidine rings is 1. The second-order valence-electron chi connectivity index (χ2n) is 7.77. The zero-order chi connectivity index (χ0) is 22.5. The fourth-order valence-electron chi connectivity index (χ4n) is 3.95. The summed E-state index contributed by atoms with van der Waals surface area (Å²) in [7, 11) is 1.57. The van der Waals surface area contributed by atoms with E-state index in [0.717, 1.165) is 25.9 Å². The molecule has 174 valence electrons. The molecule has 1 aliphatic rings. The first-order chi connectivity index (χ1) is 15.6. The van der Waals surface area contributed by atoms with Gasteiger partial charge in [-0.1, -0.05) is 24.3 Å². The second kappa shape index (κ2) is 11.0. The van der Waals surface area contributed by atoms with Crippen LogP contribution in [0.25, 0.3) is 0 Å². The van der Waals surface area contributed by atoms with Crippen LogP contribution in [0, 0.1) is 6.92 Å². The SMILES string of the molecule is COc1ccccc1Oc1ccccc1NC(=O)c1c(C)ccn(C2CCNCC2)c1=O.Cl. The van der Waals surface area contributed by atoms with Gasteiger partial charge in [-0.2, -0.15) is 0 Å². The predicted octanol–water partition coefficient (Wildman–Crippen LogP) is 4.56. The number of aromatic nitrogens is 1. The lowest BCUT2D eigenvalue weighted by molar-refractivity contribution is 0.102. The van der Waals surface area contributed by atoms with Crippen molar-refractivity contribution in [2.45, 2.75) is 25.8 Å². The Bertz CT molecular complexity index is 1170. The van der Waals surface area contributed by atoms with Gasteiger partial charge in [0, 0.05) is 12.2 Å². The van der Waals surface area contributed by atoms with E-state index in [1.54, 1.807) is 55.1 Å². The average Bonchev–Trinajstić information content (AvgIpc) is 2.81. The number of hydrogen-bond acceptors (Lipinski definition) is 5. The third-order valence-corrected chi connectivity index (χ3v) is 5.68. The van der Waals surface area contributed by atoms with Crippen molar-refractivity contribution in [3.05, 3.63) is 82.3 Å². The van der Waals surface area contributed by atoms with Crippen molar-refractivity contribution in [2.75, 3.05) is 25.5 Å². The third-order valence-electron chi connectivity index (χ3n) is 5.68. The van der Waals surface area contributed by atoms with Crippen LogP contribution in [0.3, 0.4) is 0 Å². The number of amides is 1. The van der Waals surface area contributed by atoms with Gasteiger partial charge in [0.15, 0.2) is 17.2 Å². The Morgan fingerprint density at radius 2 is 1.64 bits per heavy atom. The number of hydrogen-bond donors (Lipinski definition) is 2. The molecule has 33 heavy (non-hydrogen) atoms. The van der Waals surface area contributed by atoms with Crippen LogP contribution in [0.15, 0.2) is 65.6 Å². The molecule has 1 aromatic heterocycles. The number of nitrogens with one attached hydrogen (secondary N) is 2. The first-order valence-corrected chi connectivity index (χ1v) is 10.7. The summed E-state index contributed by atoms with van der Waals surface area (Å²) in [5.41, 5.74) is 0.996. The average molecular weight is 470 g/mol. The van der Waals surface area contributed by atoms with Crippen molar-refractivity contribution in [3.63, 3.8) is 0 Å². The molecule has 4 rings (SSSR count). The second-order valence-corrected chi connectivity index (χ2v) is 7.77. The molecule has 2 aromatic carbocycles. The quantitative estimate of drug-likeness (QED) is 0.553. The number of halogens is 1. The molecule has 1 amide bonds. The van der Waals surface area contributed by atoms with Gasteiger partial charge in [0.05, 0.1) is 12.8 Å². The van der Waals surface area contributed by atoms with Crippen molar-refractivity contribution in [1.29, 1.82) is 0 Å². The fraction of sp³-hybridized carbons (Fsp3) is 0.280. The molecule has 0 bridgehead atoms. The van der Waals surface area contributed by atoms with E-state index in [1.807, 2.05) is 24.3 Å². The van der Waals surface area contributed by atoms with Gasteiger partial charge in [-0.3, -0.25) is 9.59 Å². The molecular formula is C25H28ClN3O4. The largest absolute Gasteiger partial charge is 0.493 e. The van der Waals surface area contributed by atoms with Gasteiger partial charge in [0.25, 0.3) is 11.5 Å². The number of aryl methyl sites for hydroxylation is 1. The Kier molecular flexibility index (Phi) is 8.14. The molecule has 1 aliphatic heterocycles. The first kappa shape index (κ1) is 24.4. The number of carbonyl (C=O) groups is 1. The minimum absolute atomic E-state index is 0. The number of carbonyl (C=O) groups excluding carboxylic acids is 1. The van der Waals surface area contributed by atoms with E-state index in [9.17, 15) is 9.59 Å². The van der Waals surface area contributed by atoms with Gasteiger partial charge in [-0.15, -0.1) is 12.4 Å². The molecule has 0 spiro atoms. The summed E-state index contributed by atoms with van der Waals surface area (Å²) in [5, 5.41) is 6.17. The summed E-state index contributed by atoms with van der Waals surface area (Å²) >= 11 is 0. The van der Waals surface area contributed by atoms with E-state index >= 15 is 0 Å². The Hall–Kier alpha value is -3.29. The molecule has 2 N–H and O–H groups in total. The van der Waals surface area contributed by atoms with Gasteiger partial charge >= 0.3 is 0 Å². The molecule has 0 atom stereocenters. The van der Waals surface area contributed by atoms with Crippen LogP contribution in [-0.2, 0) is 0 Å². The maximum Gasteiger partial charge on any atom is 0.263 e. The smallest absolute Gasteiger partial charge is 0.263 e. The minimum Gasteiger partial charge on any atom is -0.493 e. The third kappa shape index (κ3) is 5.38.